The number of rotatable bonds is 4. The van der Waals surface area contributed by atoms with Crippen molar-refractivity contribution in [1.29, 1.82) is 0 Å². The molecule has 0 spiro atoms. The average molecular weight is 340 g/mol. The summed E-state index contributed by atoms with van der Waals surface area (Å²) in [6.07, 6.45) is 1.88. The average Bonchev–Trinajstić information content (AvgIpc) is 2.86. The Labute approximate surface area is 139 Å². The fraction of sp³-hybridized carbons (Fsp3) is 0.500. The molecular formula is C16H19ClFN3O2. The number of hydrogen-bond acceptors (Lipinski definition) is 5. The molecule has 1 fully saturated rings. The number of aromatic nitrogens is 2. The second kappa shape index (κ2) is 6.55. The van der Waals surface area contributed by atoms with Gasteiger partial charge in [-0.05, 0) is 44.0 Å². The maximum Gasteiger partial charge on any atom is 0.229 e. The van der Waals surface area contributed by atoms with E-state index in [0.29, 0.717) is 42.7 Å². The van der Waals surface area contributed by atoms with Crippen LogP contribution >= 0.6 is 11.6 Å². The standard InChI is InChI=1S/C16H19ClFN3O2/c1-11-19-15(23-20-11)8-16(22)5-2-6-21(10-16)9-12-3-4-13(18)7-14(12)17/h3-4,7,22H,2,5-6,8-10H2,1H3. The van der Waals surface area contributed by atoms with Crippen molar-refractivity contribution < 1.29 is 14.0 Å². The summed E-state index contributed by atoms with van der Waals surface area (Å²) >= 11 is 6.09. The monoisotopic (exact) mass is 339 g/mol. The van der Waals surface area contributed by atoms with Gasteiger partial charge in [-0.25, -0.2) is 4.39 Å². The molecule has 124 valence electrons. The smallest absolute Gasteiger partial charge is 0.229 e. The van der Waals surface area contributed by atoms with E-state index in [1.165, 1.54) is 12.1 Å². The molecule has 0 bridgehead atoms. The van der Waals surface area contributed by atoms with Crippen LogP contribution in [0.4, 0.5) is 4.39 Å². The minimum Gasteiger partial charge on any atom is -0.388 e. The number of halogens is 2. The van der Waals surface area contributed by atoms with Gasteiger partial charge in [-0.15, -0.1) is 0 Å². The molecule has 0 saturated carbocycles. The van der Waals surface area contributed by atoms with Crippen molar-refractivity contribution in [1.82, 2.24) is 15.0 Å². The molecule has 1 N–H and O–H groups in total. The number of aliphatic hydroxyl groups is 1. The van der Waals surface area contributed by atoms with E-state index in [2.05, 4.69) is 15.0 Å². The molecule has 0 aliphatic carbocycles. The Bertz CT molecular complexity index is 694. The van der Waals surface area contributed by atoms with Gasteiger partial charge in [0.25, 0.3) is 0 Å². The number of β-amino-alcohol motifs (C(OH)–C–C–N with tert-alkyl or cyclic N) is 1. The third kappa shape index (κ3) is 4.07. The third-order valence-electron chi connectivity index (χ3n) is 4.09. The van der Waals surface area contributed by atoms with Crippen molar-refractivity contribution in [2.75, 3.05) is 13.1 Å². The van der Waals surface area contributed by atoms with Crippen LogP contribution in [0.25, 0.3) is 0 Å². The van der Waals surface area contributed by atoms with Crippen molar-refractivity contribution in [3.63, 3.8) is 0 Å². The van der Waals surface area contributed by atoms with E-state index in [0.717, 1.165) is 18.5 Å². The highest BCUT2D eigenvalue weighted by atomic mass is 35.5. The van der Waals surface area contributed by atoms with Gasteiger partial charge in [0, 0.05) is 18.1 Å². The lowest BCUT2D eigenvalue weighted by molar-refractivity contribution is -0.0373. The number of benzene rings is 1. The first kappa shape index (κ1) is 16.4. The number of nitrogens with zero attached hydrogens (tertiary/aromatic N) is 3. The maximum atomic E-state index is 13.1. The predicted octanol–water partition coefficient (Wildman–Crippen LogP) is 2.74. The van der Waals surface area contributed by atoms with Gasteiger partial charge >= 0.3 is 0 Å². The molecule has 2 heterocycles. The zero-order chi connectivity index (χ0) is 16.4. The Hall–Kier alpha value is -1.50. The summed E-state index contributed by atoms with van der Waals surface area (Å²) in [5.41, 5.74) is -0.0463. The third-order valence-corrected chi connectivity index (χ3v) is 4.45. The molecule has 23 heavy (non-hydrogen) atoms. The topological polar surface area (TPSA) is 62.4 Å². The van der Waals surface area contributed by atoms with Crippen LogP contribution < -0.4 is 0 Å². The molecule has 1 atom stereocenters. The van der Waals surface area contributed by atoms with Crippen molar-refractivity contribution in [2.45, 2.75) is 38.3 Å². The van der Waals surface area contributed by atoms with Gasteiger partial charge in [0.05, 0.1) is 12.0 Å². The van der Waals surface area contributed by atoms with Crippen LogP contribution in [-0.4, -0.2) is 38.8 Å². The minimum atomic E-state index is -0.899. The zero-order valence-electron chi connectivity index (χ0n) is 12.9. The highest BCUT2D eigenvalue weighted by Crippen LogP contribution is 2.27. The quantitative estimate of drug-likeness (QED) is 0.928. The van der Waals surface area contributed by atoms with Gasteiger partial charge in [-0.1, -0.05) is 22.8 Å². The van der Waals surface area contributed by atoms with E-state index in [1.807, 2.05) is 0 Å². The number of aryl methyl sites for hydroxylation is 1. The normalized spacial score (nSPS) is 22.4. The Balaban J connectivity index is 1.67. The molecular weight excluding hydrogens is 321 g/mol. The van der Waals surface area contributed by atoms with Crippen LogP contribution in [-0.2, 0) is 13.0 Å². The molecule has 1 aromatic heterocycles. The lowest BCUT2D eigenvalue weighted by atomic mass is 9.89. The van der Waals surface area contributed by atoms with Crippen LogP contribution in [0.5, 0.6) is 0 Å². The SMILES string of the molecule is Cc1noc(CC2(O)CCCN(Cc3ccc(F)cc3Cl)C2)n1. The molecule has 5 nitrogen and oxygen atoms in total. The molecule has 1 aromatic carbocycles. The van der Waals surface area contributed by atoms with E-state index in [1.54, 1.807) is 13.0 Å². The first-order chi connectivity index (χ1) is 10.9. The van der Waals surface area contributed by atoms with Crippen LogP contribution in [0.2, 0.25) is 5.02 Å². The van der Waals surface area contributed by atoms with Gasteiger partial charge in [0.15, 0.2) is 5.82 Å². The maximum absolute atomic E-state index is 13.1. The van der Waals surface area contributed by atoms with Crippen molar-refractivity contribution in [2.24, 2.45) is 0 Å². The van der Waals surface area contributed by atoms with Gasteiger partial charge in [0.1, 0.15) is 5.82 Å². The highest BCUT2D eigenvalue weighted by molar-refractivity contribution is 6.31. The number of hydrogen-bond donors (Lipinski definition) is 1. The molecule has 1 aliphatic rings. The fourth-order valence-electron chi connectivity index (χ4n) is 3.07. The summed E-state index contributed by atoms with van der Waals surface area (Å²) in [5, 5.41) is 15.0. The summed E-state index contributed by atoms with van der Waals surface area (Å²) in [6, 6.07) is 4.40. The van der Waals surface area contributed by atoms with E-state index < -0.39 is 5.60 Å². The predicted molar refractivity (Wildman–Crippen MR) is 83.6 cm³/mol. The molecule has 0 amide bonds. The van der Waals surface area contributed by atoms with Gasteiger partial charge in [-0.3, -0.25) is 4.90 Å². The zero-order valence-corrected chi connectivity index (χ0v) is 13.7. The van der Waals surface area contributed by atoms with Crippen LogP contribution in [0, 0.1) is 12.7 Å². The number of likely N-dealkylation sites (tertiary alicyclic amines) is 1. The summed E-state index contributed by atoms with van der Waals surface area (Å²) in [6.45, 7) is 3.67. The largest absolute Gasteiger partial charge is 0.388 e. The molecule has 7 heteroatoms. The Morgan fingerprint density at radius 3 is 3.00 bits per heavy atom. The van der Waals surface area contributed by atoms with E-state index in [9.17, 15) is 9.50 Å². The molecule has 1 aliphatic heterocycles. The van der Waals surface area contributed by atoms with Crippen molar-refractivity contribution in [3.05, 3.63) is 46.3 Å². The Morgan fingerprint density at radius 1 is 1.48 bits per heavy atom. The Morgan fingerprint density at radius 2 is 2.30 bits per heavy atom. The lowest BCUT2D eigenvalue weighted by Crippen LogP contribution is -2.49. The summed E-state index contributed by atoms with van der Waals surface area (Å²) < 4.78 is 18.2. The van der Waals surface area contributed by atoms with Gasteiger partial charge < -0.3 is 9.63 Å². The minimum absolute atomic E-state index is 0.335. The second-order valence-electron chi connectivity index (χ2n) is 6.19. The molecule has 0 radical (unpaired) electrons. The van der Waals surface area contributed by atoms with Crippen molar-refractivity contribution in [3.8, 4) is 0 Å². The molecule has 1 saturated heterocycles. The summed E-state index contributed by atoms with van der Waals surface area (Å²) in [7, 11) is 0. The van der Waals surface area contributed by atoms with Crippen molar-refractivity contribution >= 4 is 11.6 Å². The van der Waals surface area contributed by atoms with E-state index >= 15 is 0 Å². The van der Waals surface area contributed by atoms with E-state index in [-0.39, 0.29) is 5.82 Å². The summed E-state index contributed by atoms with van der Waals surface area (Å²) in [4.78, 5) is 6.28. The van der Waals surface area contributed by atoms with Crippen LogP contribution in [0.3, 0.4) is 0 Å². The number of piperidine rings is 1. The van der Waals surface area contributed by atoms with E-state index in [4.69, 9.17) is 16.1 Å². The second-order valence-corrected chi connectivity index (χ2v) is 6.59. The molecule has 2 aromatic rings. The first-order valence-corrected chi connectivity index (χ1v) is 7.99. The van der Waals surface area contributed by atoms with Gasteiger partial charge in [0.2, 0.25) is 5.89 Å². The highest BCUT2D eigenvalue weighted by Gasteiger charge is 2.35. The van der Waals surface area contributed by atoms with Gasteiger partial charge in [-0.2, -0.15) is 4.98 Å². The van der Waals surface area contributed by atoms with Crippen LogP contribution in [0.1, 0.15) is 30.1 Å². The fourth-order valence-corrected chi connectivity index (χ4v) is 3.30. The Kier molecular flexibility index (Phi) is 4.66. The molecule has 3 rings (SSSR count). The first-order valence-electron chi connectivity index (χ1n) is 7.61. The molecule has 1 unspecified atom stereocenters. The summed E-state index contributed by atoms with van der Waals surface area (Å²) in [5.74, 6) is 0.668. The van der Waals surface area contributed by atoms with Crippen LogP contribution in [0.15, 0.2) is 22.7 Å². The lowest BCUT2D eigenvalue weighted by Gasteiger charge is -2.38.